The monoisotopic (exact) mass is 282 g/mol. The summed E-state index contributed by atoms with van der Waals surface area (Å²) in [5, 5.41) is 0. The summed E-state index contributed by atoms with van der Waals surface area (Å²) in [6.07, 6.45) is 3.93. The fraction of sp³-hybridized carbons (Fsp3) is 1.00. The number of rotatable bonds is 3. The Morgan fingerprint density at radius 2 is 1.92 bits per heavy atom. The van der Waals surface area contributed by atoms with Gasteiger partial charge in [0.1, 0.15) is 0 Å². The van der Waals surface area contributed by atoms with Crippen molar-refractivity contribution in [3.05, 3.63) is 0 Å². The molecular formula is C10H19IO. The van der Waals surface area contributed by atoms with Gasteiger partial charge in [0, 0.05) is 17.6 Å². The molecule has 0 spiro atoms. The van der Waals surface area contributed by atoms with Crippen LogP contribution in [-0.2, 0) is 4.74 Å². The van der Waals surface area contributed by atoms with Gasteiger partial charge in [-0.3, -0.25) is 0 Å². The summed E-state index contributed by atoms with van der Waals surface area (Å²) in [6.45, 7) is 6.72. The Labute approximate surface area is 89.4 Å². The van der Waals surface area contributed by atoms with Crippen LogP contribution in [-0.4, -0.2) is 17.6 Å². The summed E-state index contributed by atoms with van der Waals surface area (Å²) in [5.41, 5.74) is 0.530. The molecule has 0 aliphatic carbocycles. The first kappa shape index (κ1) is 10.8. The largest absolute Gasteiger partial charge is 0.381 e. The highest BCUT2D eigenvalue weighted by Crippen LogP contribution is 2.32. The zero-order chi connectivity index (χ0) is 9.03. The lowest BCUT2D eigenvalue weighted by Crippen LogP contribution is -2.23. The van der Waals surface area contributed by atoms with E-state index >= 15 is 0 Å². The van der Waals surface area contributed by atoms with Gasteiger partial charge in [0.2, 0.25) is 0 Å². The topological polar surface area (TPSA) is 9.23 Å². The zero-order valence-electron chi connectivity index (χ0n) is 8.11. The lowest BCUT2D eigenvalue weighted by molar-refractivity contribution is 0.0539. The van der Waals surface area contributed by atoms with Crippen LogP contribution >= 0.6 is 22.6 Å². The van der Waals surface area contributed by atoms with Crippen molar-refractivity contribution in [1.82, 2.24) is 0 Å². The minimum atomic E-state index is 0.530. The molecule has 0 N–H and O–H groups in total. The molecule has 0 aromatic carbocycles. The van der Waals surface area contributed by atoms with Crippen LogP contribution in [0, 0.1) is 11.3 Å². The third-order valence-corrected chi connectivity index (χ3v) is 4.61. The van der Waals surface area contributed by atoms with E-state index in [9.17, 15) is 0 Å². The van der Waals surface area contributed by atoms with Crippen LogP contribution < -0.4 is 0 Å². The van der Waals surface area contributed by atoms with Gasteiger partial charge in [0.05, 0.1) is 0 Å². The lowest BCUT2D eigenvalue weighted by Gasteiger charge is -2.30. The minimum Gasteiger partial charge on any atom is -0.381 e. The third-order valence-electron chi connectivity index (χ3n) is 2.54. The van der Waals surface area contributed by atoms with Gasteiger partial charge >= 0.3 is 0 Å². The molecule has 12 heavy (non-hydrogen) atoms. The smallest absolute Gasteiger partial charge is 0.0468 e. The predicted molar refractivity (Wildman–Crippen MR) is 60.8 cm³/mol. The van der Waals surface area contributed by atoms with Crippen LogP contribution in [0.2, 0.25) is 0 Å². The Bertz CT molecular complexity index is 128. The molecule has 0 saturated carbocycles. The van der Waals surface area contributed by atoms with E-state index in [0.717, 1.165) is 19.1 Å². The molecule has 0 radical (unpaired) electrons. The van der Waals surface area contributed by atoms with Crippen LogP contribution in [0.1, 0.15) is 33.1 Å². The molecule has 1 heterocycles. The normalized spacial score (nSPS) is 21.2. The van der Waals surface area contributed by atoms with Gasteiger partial charge in [0.15, 0.2) is 0 Å². The Hall–Kier alpha value is 0.690. The van der Waals surface area contributed by atoms with E-state index in [-0.39, 0.29) is 0 Å². The summed E-state index contributed by atoms with van der Waals surface area (Å²) in [7, 11) is 0. The Morgan fingerprint density at radius 3 is 2.42 bits per heavy atom. The molecule has 1 aliphatic rings. The van der Waals surface area contributed by atoms with Crippen molar-refractivity contribution in [1.29, 1.82) is 0 Å². The number of alkyl halides is 1. The highest BCUT2D eigenvalue weighted by atomic mass is 127. The van der Waals surface area contributed by atoms with E-state index in [1.807, 2.05) is 0 Å². The molecule has 1 fully saturated rings. The minimum absolute atomic E-state index is 0.530. The van der Waals surface area contributed by atoms with E-state index in [1.165, 1.54) is 23.7 Å². The predicted octanol–water partition coefficient (Wildman–Crippen LogP) is 3.26. The molecule has 0 atom stereocenters. The van der Waals surface area contributed by atoms with Crippen LogP contribution in [0.15, 0.2) is 0 Å². The molecule has 1 rings (SSSR count). The van der Waals surface area contributed by atoms with Crippen molar-refractivity contribution >= 4 is 22.6 Å². The summed E-state index contributed by atoms with van der Waals surface area (Å²) < 4.78 is 6.61. The van der Waals surface area contributed by atoms with Gasteiger partial charge in [-0.2, -0.15) is 0 Å². The molecule has 0 aromatic rings. The molecule has 0 aromatic heterocycles. The first-order valence-corrected chi connectivity index (χ1v) is 6.30. The van der Waals surface area contributed by atoms with E-state index in [1.54, 1.807) is 0 Å². The maximum absolute atomic E-state index is 5.35. The fourth-order valence-corrected chi connectivity index (χ4v) is 2.10. The van der Waals surface area contributed by atoms with Gasteiger partial charge < -0.3 is 4.74 Å². The molecule has 2 heteroatoms. The second-order valence-electron chi connectivity index (χ2n) is 4.56. The number of hydrogen-bond donors (Lipinski definition) is 0. The Morgan fingerprint density at radius 1 is 1.33 bits per heavy atom. The standard InChI is InChI=1S/C10H19IO/c1-10(2,8-11)7-9-3-5-12-6-4-9/h9H,3-8H2,1-2H3. The van der Waals surface area contributed by atoms with E-state index in [0.29, 0.717) is 5.41 Å². The molecular weight excluding hydrogens is 263 g/mol. The van der Waals surface area contributed by atoms with Gasteiger partial charge in [0.25, 0.3) is 0 Å². The average Bonchev–Trinajstić information content (AvgIpc) is 2.06. The van der Waals surface area contributed by atoms with Crippen molar-refractivity contribution in [3.63, 3.8) is 0 Å². The third kappa shape index (κ3) is 3.60. The first-order valence-electron chi connectivity index (χ1n) is 4.78. The van der Waals surface area contributed by atoms with E-state index in [2.05, 4.69) is 36.4 Å². The van der Waals surface area contributed by atoms with Gasteiger partial charge in [-0.05, 0) is 30.6 Å². The van der Waals surface area contributed by atoms with Gasteiger partial charge in [-0.1, -0.05) is 36.4 Å². The van der Waals surface area contributed by atoms with Crippen molar-refractivity contribution in [2.24, 2.45) is 11.3 Å². The first-order chi connectivity index (χ1) is 5.64. The Balaban J connectivity index is 2.28. The maximum atomic E-state index is 5.35. The lowest BCUT2D eigenvalue weighted by atomic mass is 9.81. The molecule has 0 amide bonds. The summed E-state index contributed by atoms with van der Waals surface area (Å²) in [6, 6.07) is 0. The van der Waals surface area contributed by atoms with Crippen molar-refractivity contribution in [3.8, 4) is 0 Å². The SMILES string of the molecule is CC(C)(CI)CC1CCOCC1. The number of halogens is 1. The van der Waals surface area contributed by atoms with Gasteiger partial charge in [-0.25, -0.2) is 0 Å². The zero-order valence-corrected chi connectivity index (χ0v) is 10.3. The quantitative estimate of drug-likeness (QED) is 0.570. The average molecular weight is 282 g/mol. The Kier molecular flexibility index (Phi) is 4.30. The highest BCUT2D eigenvalue weighted by Gasteiger charge is 2.23. The molecule has 72 valence electrons. The summed E-state index contributed by atoms with van der Waals surface area (Å²) in [4.78, 5) is 0. The van der Waals surface area contributed by atoms with Crippen LogP contribution in [0.4, 0.5) is 0 Å². The maximum Gasteiger partial charge on any atom is 0.0468 e. The molecule has 0 bridgehead atoms. The number of hydrogen-bond acceptors (Lipinski definition) is 1. The molecule has 1 aliphatic heterocycles. The highest BCUT2D eigenvalue weighted by molar-refractivity contribution is 14.1. The molecule has 0 unspecified atom stereocenters. The van der Waals surface area contributed by atoms with Crippen LogP contribution in [0.25, 0.3) is 0 Å². The fourth-order valence-electron chi connectivity index (χ4n) is 1.79. The summed E-state index contributed by atoms with van der Waals surface area (Å²) in [5.74, 6) is 0.920. The molecule has 1 nitrogen and oxygen atoms in total. The van der Waals surface area contributed by atoms with E-state index < -0.39 is 0 Å². The van der Waals surface area contributed by atoms with Crippen LogP contribution in [0.3, 0.4) is 0 Å². The summed E-state index contributed by atoms with van der Waals surface area (Å²) >= 11 is 2.50. The van der Waals surface area contributed by atoms with Crippen LogP contribution in [0.5, 0.6) is 0 Å². The second-order valence-corrected chi connectivity index (χ2v) is 5.32. The van der Waals surface area contributed by atoms with Gasteiger partial charge in [-0.15, -0.1) is 0 Å². The number of ether oxygens (including phenoxy) is 1. The van der Waals surface area contributed by atoms with Crippen molar-refractivity contribution in [2.75, 3.05) is 17.6 Å². The van der Waals surface area contributed by atoms with Crippen molar-refractivity contribution < 1.29 is 4.74 Å². The van der Waals surface area contributed by atoms with Crippen molar-refractivity contribution in [2.45, 2.75) is 33.1 Å². The second kappa shape index (κ2) is 4.80. The van der Waals surface area contributed by atoms with E-state index in [4.69, 9.17) is 4.74 Å². The molecule has 1 saturated heterocycles.